The lowest BCUT2D eigenvalue weighted by atomic mass is 10.2. The van der Waals surface area contributed by atoms with Crippen molar-refractivity contribution in [1.29, 1.82) is 0 Å². The van der Waals surface area contributed by atoms with Gasteiger partial charge in [0.1, 0.15) is 5.69 Å². The smallest absolute Gasteiger partial charge is 0.356 e. The van der Waals surface area contributed by atoms with Crippen molar-refractivity contribution < 1.29 is 14.1 Å². The zero-order valence-electron chi connectivity index (χ0n) is 13.6. The summed E-state index contributed by atoms with van der Waals surface area (Å²) < 4.78 is 10.2. The van der Waals surface area contributed by atoms with Crippen LogP contribution in [-0.2, 0) is 11.3 Å². The van der Waals surface area contributed by atoms with Gasteiger partial charge < -0.3 is 9.26 Å². The molecule has 1 aliphatic heterocycles. The molecule has 1 atom stereocenters. The number of carbonyl (C=O) groups is 1. The zero-order chi connectivity index (χ0) is 16.4. The molecule has 2 aromatic heterocycles. The second-order valence-electron chi connectivity index (χ2n) is 6.04. The Hall–Kier alpha value is -2.22. The molecule has 1 fully saturated rings. The Balaban J connectivity index is 1.77. The van der Waals surface area contributed by atoms with Crippen molar-refractivity contribution in [2.45, 2.75) is 45.2 Å². The average Bonchev–Trinajstić information content (AvgIpc) is 3.26. The number of nitrogens with one attached hydrogen (secondary N) is 1. The van der Waals surface area contributed by atoms with Gasteiger partial charge >= 0.3 is 5.97 Å². The minimum Gasteiger partial charge on any atom is -0.464 e. The quantitative estimate of drug-likeness (QED) is 0.842. The van der Waals surface area contributed by atoms with E-state index in [4.69, 9.17) is 9.26 Å². The molecule has 1 aliphatic rings. The van der Waals surface area contributed by atoms with E-state index in [2.05, 4.69) is 25.2 Å². The molecular weight excluding hydrogens is 298 g/mol. The van der Waals surface area contributed by atoms with Crippen molar-refractivity contribution in [2.75, 3.05) is 13.7 Å². The number of ether oxygens (including phenoxy) is 1. The van der Waals surface area contributed by atoms with E-state index in [9.17, 15) is 4.79 Å². The number of hydrogen-bond acceptors (Lipinski definition) is 7. The fourth-order valence-electron chi connectivity index (χ4n) is 2.84. The molecule has 124 valence electrons. The van der Waals surface area contributed by atoms with Crippen LogP contribution in [-0.4, -0.2) is 44.9 Å². The molecule has 1 unspecified atom stereocenters. The van der Waals surface area contributed by atoms with E-state index in [0.29, 0.717) is 18.1 Å². The molecule has 1 saturated heterocycles. The fourth-order valence-corrected chi connectivity index (χ4v) is 2.84. The monoisotopic (exact) mass is 319 g/mol. The second-order valence-corrected chi connectivity index (χ2v) is 6.04. The maximum absolute atomic E-state index is 11.7. The lowest BCUT2D eigenvalue weighted by Crippen LogP contribution is -2.24. The Morgan fingerprint density at radius 3 is 3.09 bits per heavy atom. The molecule has 0 bridgehead atoms. The van der Waals surface area contributed by atoms with Crippen molar-refractivity contribution in [3.05, 3.63) is 29.2 Å². The van der Waals surface area contributed by atoms with Crippen molar-refractivity contribution in [1.82, 2.24) is 25.2 Å². The molecule has 23 heavy (non-hydrogen) atoms. The van der Waals surface area contributed by atoms with E-state index in [1.165, 1.54) is 7.11 Å². The fraction of sp³-hybridized carbons (Fsp3) is 0.600. The van der Waals surface area contributed by atoms with Gasteiger partial charge in [-0.2, -0.15) is 10.1 Å². The summed E-state index contributed by atoms with van der Waals surface area (Å²) in [6, 6.07) is 0.0791. The van der Waals surface area contributed by atoms with Gasteiger partial charge in [0.15, 0.2) is 5.82 Å². The van der Waals surface area contributed by atoms with Gasteiger partial charge in [-0.3, -0.25) is 10.00 Å². The van der Waals surface area contributed by atoms with E-state index in [1.807, 2.05) is 13.8 Å². The van der Waals surface area contributed by atoms with Crippen LogP contribution in [0.1, 0.15) is 66.4 Å². The number of esters is 1. The minimum absolute atomic E-state index is 0.0791. The van der Waals surface area contributed by atoms with Gasteiger partial charge in [-0.05, 0) is 19.4 Å². The molecule has 2 aromatic rings. The van der Waals surface area contributed by atoms with Crippen LogP contribution in [0.2, 0.25) is 0 Å². The van der Waals surface area contributed by atoms with E-state index < -0.39 is 5.97 Å². The predicted octanol–water partition coefficient (Wildman–Crippen LogP) is 2.04. The first-order valence-corrected chi connectivity index (χ1v) is 7.78. The Bertz CT molecular complexity index is 678. The number of carbonyl (C=O) groups excluding carboxylic acids is 1. The Labute approximate surface area is 134 Å². The summed E-state index contributed by atoms with van der Waals surface area (Å²) in [4.78, 5) is 18.5. The van der Waals surface area contributed by atoms with Crippen LogP contribution in [0.3, 0.4) is 0 Å². The third-order valence-electron chi connectivity index (χ3n) is 4.10. The molecule has 3 heterocycles. The third kappa shape index (κ3) is 3.12. The van der Waals surface area contributed by atoms with Crippen LogP contribution in [0, 0.1) is 0 Å². The van der Waals surface area contributed by atoms with E-state index >= 15 is 0 Å². The summed E-state index contributed by atoms with van der Waals surface area (Å²) in [7, 11) is 1.36. The van der Waals surface area contributed by atoms with Crippen molar-refractivity contribution in [2.24, 2.45) is 0 Å². The molecule has 1 N–H and O–H groups in total. The summed E-state index contributed by atoms with van der Waals surface area (Å²) in [6.07, 6.45) is 3.68. The number of likely N-dealkylation sites (tertiary alicyclic amines) is 1. The molecular formula is C15H21N5O3. The highest BCUT2D eigenvalue weighted by Gasteiger charge is 2.32. The lowest BCUT2D eigenvalue weighted by Gasteiger charge is -2.21. The highest BCUT2D eigenvalue weighted by molar-refractivity contribution is 5.88. The summed E-state index contributed by atoms with van der Waals surface area (Å²) in [6.45, 7) is 5.57. The van der Waals surface area contributed by atoms with Gasteiger partial charge in [-0.15, -0.1) is 0 Å². The van der Waals surface area contributed by atoms with Gasteiger partial charge in [0, 0.05) is 18.0 Å². The molecule has 0 radical (unpaired) electrons. The standard InChI is InChI=1S/C15H21N5O3/c1-9(2)13-17-14(23-19-13)11-5-4-6-20(11)8-10-7-16-18-12(10)15(21)22-3/h7,9,11H,4-6,8H2,1-3H3,(H,16,18). The first-order valence-electron chi connectivity index (χ1n) is 7.78. The molecule has 8 heteroatoms. The Kier molecular flexibility index (Phi) is 4.42. The van der Waals surface area contributed by atoms with Crippen molar-refractivity contribution in [3.63, 3.8) is 0 Å². The van der Waals surface area contributed by atoms with Gasteiger partial charge in [-0.1, -0.05) is 19.0 Å². The summed E-state index contributed by atoms with van der Waals surface area (Å²) in [5.41, 5.74) is 1.21. The number of methoxy groups -OCH3 is 1. The maximum Gasteiger partial charge on any atom is 0.356 e. The van der Waals surface area contributed by atoms with Crippen molar-refractivity contribution >= 4 is 5.97 Å². The van der Waals surface area contributed by atoms with Gasteiger partial charge in [0.05, 0.1) is 19.3 Å². The van der Waals surface area contributed by atoms with Crippen LogP contribution in [0.4, 0.5) is 0 Å². The molecule has 3 rings (SSSR count). The first kappa shape index (κ1) is 15.7. The van der Waals surface area contributed by atoms with Crippen LogP contribution in [0.25, 0.3) is 0 Å². The van der Waals surface area contributed by atoms with Gasteiger partial charge in [-0.25, -0.2) is 4.79 Å². The van der Waals surface area contributed by atoms with Crippen LogP contribution in [0.5, 0.6) is 0 Å². The highest BCUT2D eigenvalue weighted by atomic mass is 16.5. The zero-order valence-corrected chi connectivity index (χ0v) is 13.6. The molecule has 0 aromatic carbocycles. The number of aromatic amines is 1. The van der Waals surface area contributed by atoms with E-state index in [0.717, 1.165) is 30.8 Å². The van der Waals surface area contributed by atoms with Crippen LogP contribution in [0.15, 0.2) is 10.7 Å². The number of nitrogens with zero attached hydrogens (tertiary/aromatic N) is 4. The van der Waals surface area contributed by atoms with Crippen molar-refractivity contribution in [3.8, 4) is 0 Å². The number of hydrogen-bond donors (Lipinski definition) is 1. The van der Waals surface area contributed by atoms with Gasteiger partial charge in [0.25, 0.3) is 0 Å². The largest absolute Gasteiger partial charge is 0.464 e. The van der Waals surface area contributed by atoms with E-state index in [-0.39, 0.29) is 12.0 Å². The van der Waals surface area contributed by atoms with Gasteiger partial charge in [0.2, 0.25) is 5.89 Å². The highest BCUT2D eigenvalue weighted by Crippen LogP contribution is 2.33. The summed E-state index contributed by atoms with van der Waals surface area (Å²) in [5.74, 6) is 1.20. The van der Waals surface area contributed by atoms with E-state index in [1.54, 1.807) is 6.20 Å². The number of aromatic nitrogens is 4. The average molecular weight is 319 g/mol. The summed E-state index contributed by atoms with van der Waals surface area (Å²) >= 11 is 0. The Morgan fingerprint density at radius 2 is 2.39 bits per heavy atom. The topological polar surface area (TPSA) is 97.1 Å². The third-order valence-corrected chi connectivity index (χ3v) is 4.10. The molecule has 0 amide bonds. The molecule has 8 nitrogen and oxygen atoms in total. The predicted molar refractivity (Wildman–Crippen MR) is 80.7 cm³/mol. The molecule has 0 spiro atoms. The summed E-state index contributed by atoms with van der Waals surface area (Å²) in [5, 5.41) is 10.7. The lowest BCUT2D eigenvalue weighted by molar-refractivity contribution is 0.0591. The first-order chi connectivity index (χ1) is 11.1. The second kappa shape index (κ2) is 6.49. The number of rotatable bonds is 5. The maximum atomic E-state index is 11.7. The molecule has 0 aliphatic carbocycles. The Morgan fingerprint density at radius 1 is 1.57 bits per heavy atom. The van der Waals surface area contributed by atoms with Crippen LogP contribution >= 0.6 is 0 Å². The normalized spacial score (nSPS) is 18.7. The molecule has 0 saturated carbocycles. The van der Waals surface area contributed by atoms with Crippen LogP contribution < -0.4 is 0 Å². The minimum atomic E-state index is -0.409. The SMILES string of the molecule is COC(=O)c1[nH]ncc1CN1CCCC1c1nc(C(C)C)no1. The number of H-pyrrole nitrogens is 1.